The minimum Gasteiger partial charge on any atom is -0.469 e. The van der Waals surface area contributed by atoms with Gasteiger partial charge in [0, 0.05) is 11.9 Å². The number of carbonyl (C=O) groups excluding carboxylic acids is 2. The van der Waals surface area contributed by atoms with Crippen molar-refractivity contribution in [1.29, 1.82) is 0 Å². The molecule has 1 aliphatic rings. The lowest BCUT2D eigenvalue weighted by Crippen LogP contribution is -2.43. The topological polar surface area (TPSA) is 90.7 Å². The number of aromatic nitrogens is 2. The van der Waals surface area contributed by atoms with Crippen LogP contribution in [0.3, 0.4) is 0 Å². The van der Waals surface area contributed by atoms with Crippen molar-refractivity contribution in [3.05, 3.63) is 40.3 Å². The van der Waals surface area contributed by atoms with Gasteiger partial charge in [0.2, 0.25) is 0 Å². The van der Waals surface area contributed by atoms with Gasteiger partial charge in [0.25, 0.3) is 5.56 Å². The van der Waals surface area contributed by atoms with Crippen molar-refractivity contribution < 1.29 is 19.1 Å². The Morgan fingerprint density at radius 2 is 1.90 bits per heavy atom. The van der Waals surface area contributed by atoms with Crippen molar-refractivity contribution in [1.82, 2.24) is 14.7 Å². The van der Waals surface area contributed by atoms with Crippen molar-refractivity contribution in [3.8, 4) is 0 Å². The number of ether oxygens (including phenoxy) is 2. The number of esters is 1. The van der Waals surface area contributed by atoms with Gasteiger partial charge in [-0.1, -0.05) is 18.2 Å². The summed E-state index contributed by atoms with van der Waals surface area (Å²) in [6.45, 7) is 6.30. The van der Waals surface area contributed by atoms with E-state index in [2.05, 4.69) is 5.10 Å². The first kappa shape index (κ1) is 20.8. The highest BCUT2D eigenvalue weighted by Crippen LogP contribution is 2.22. The van der Waals surface area contributed by atoms with Crippen molar-refractivity contribution in [2.75, 3.05) is 13.7 Å². The molecule has 2 heterocycles. The van der Waals surface area contributed by atoms with Crippen LogP contribution < -0.4 is 5.56 Å². The lowest BCUT2D eigenvalue weighted by atomic mass is 10.1. The molecule has 156 valence electrons. The van der Waals surface area contributed by atoms with E-state index >= 15 is 0 Å². The Morgan fingerprint density at radius 1 is 1.21 bits per heavy atom. The Bertz CT molecular complexity index is 976. The monoisotopic (exact) mass is 401 g/mol. The largest absolute Gasteiger partial charge is 0.469 e. The van der Waals surface area contributed by atoms with Crippen molar-refractivity contribution >= 4 is 22.8 Å². The van der Waals surface area contributed by atoms with Gasteiger partial charge < -0.3 is 14.4 Å². The highest BCUT2D eigenvalue weighted by atomic mass is 16.6. The van der Waals surface area contributed by atoms with Gasteiger partial charge in [-0.25, -0.2) is 9.48 Å². The summed E-state index contributed by atoms with van der Waals surface area (Å²) in [5.74, 6) is -0.427. The summed E-state index contributed by atoms with van der Waals surface area (Å²) in [4.78, 5) is 39.0. The van der Waals surface area contributed by atoms with E-state index in [9.17, 15) is 14.4 Å². The zero-order valence-corrected chi connectivity index (χ0v) is 17.3. The van der Waals surface area contributed by atoms with Crippen LogP contribution in [0.5, 0.6) is 0 Å². The molecule has 1 aromatic carbocycles. The predicted octanol–water partition coefficient (Wildman–Crippen LogP) is 2.51. The zero-order valence-electron chi connectivity index (χ0n) is 17.3. The maximum Gasteiger partial charge on any atom is 0.410 e. The fourth-order valence-corrected chi connectivity index (χ4v) is 3.55. The van der Waals surface area contributed by atoms with E-state index in [0.717, 1.165) is 12.8 Å². The first-order valence-corrected chi connectivity index (χ1v) is 9.75. The van der Waals surface area contributed by atoms with E-state index in [1.54, 1.807) is 29.2 Å². The average molecular weight is 401 g/mol. The number of nitrogens with zero attached hydrogens (tertiary/aromatic N) is 3. The van der Waals surface area contributed by atoms with Crippen LogP contribution in [-0.2, 0) is 27.2 Å². The first-order chi connectivity index (χ1) is 13.7. The summed E-state index contributed by atoms with van der Waals surface area (Å²) in [6.07, 6.45) is 1.18. The Kier molecular flexibility index (Phi) is 5.91. The quantitative estimate of drug-likeness (QED) is 0.731. The molecule has 0 spiro atoms. The Balaban J connectivity index is 1.93. The molecule has 1 saturated heterocycles. The predicted molar refractivity (Wildman–Crippen MR) is 108 cm³/mol. The van der Waals surface area contributed by atoms with Gasteiger partial charge in [0.05, 0.1) is 37.2 Å². The molecule has 2 aromatic rings. The number of rotatable bonds is 4. The van der Waals surface area contributed by atoms with Crippen molar-refractivity contribution in [2.24, 2.45) is 0 Å². The molecule has 1 unspecified atom stereocenters. The fourth-order valence-electron chi connectivity index (χ4n) is 3.55. The Labute approximate surface area is 169 Å². The molecule has 0 saturated carbocycles. The van der Waals surface area contributed by atoms with Crippen LogP contribution in [-0.4, -0.2) is 52.0 Å². The van der Waals surface area contributed by atoms with Crippen LogP contribution in [0.2, 0.25) is 0 Å². The van der Waals surface area contributed by atoms with Crippen LogP contribution in [0.25, 0.3) is 10.8 Å². The smallest absolute Gasteiger partial charge is 0.410 e. The molecule has 1 amide bonds. The summed E-state index contributed by atoms with van der Waals surface area (Å²) in [7, 11) is 1.32. The van der Waals surface area contributed by atoms with Crippen LogP contribution in [0, 0.1) is 0 Å². The molecule has 0 bridgehead atoms. The molecule has 8 nitrogen and oxygen atoms in total. The number of amides is 1. The molecule has 1 fully saturated rings. The average Bonchev–Trinajstić information content (AvgIpc) is 3.12. The van der Waals surface area contributed by atoms with Crippen LogP contribution in [0.4, 0.5) is 4.79 Å². The molecule has 1 atom stereocenters. The van der Waals surface area contributed by atoms with Gasteiger partial charge in [-0.3, -0.25) is 9.59 Å². The SMILES string of the molecule is COC(=O)Cc1nn(CC2CCCN2C(=O)OC(C)(C)C)c(=O)c2ccccc12. The van der Waals surface area contributed by atoms with E-state index in [0.29, 0.717) is 23.0 Å². The number of fused-ring (bicyclic) bond motifs is 1. The molecule has 1 aromatic heterocycles. The first-order valence-electron chi connectivity index (χ1n) is 9.75. The maximum atomic E-state index is 13.0. The van der Waals surface area contributed by atoms with Gasteiger partial charge in [-0.2, -0.15) is 5.10 Å². The van der Waals surface area contributed by atoms with Crippen molar-refractivity contribution in [2.45, 2.75) is 58.2 Å². The van der Waals surface area contributed by atoms with Gasteiger partial charge in [0.1, 0.15) is 5.60 Å². The van der Waals surface area contributed by atoms with E-state index in [1.165, 1.54) is 11.8 Å². The highest BCUT2D eigenvalue weighted by Gasteiger charge is 2.33. The van der Waals surface area contributed by atoms with Gasteiger partial charge >= 0.3 is 12.1 Å². The molecule has 8 heteroatoms. The van der Waals surface area contributed by atoms with Gasteiger partial charge in [0.15, 0.2) is 0 Å². The van der Waals surface area contributed by atoms with E-state index < -0.39 is 11.6 Å². The minimum atomic E-state index is -0.587. The van der Waals surface area contributed by atoms with Gasteiger partial charge in [-0.15, -0.1) is 0 Å². The fraction of sp³-hybridized carbons (Fsp3) is 0.524. The number of hydrogen-bond acceptors (Lipinski definition) is 6. The number of benzene rings is 1. The normalized spacial score (nSPS) is 16.8. The van der Waals surface area contributed by atoms with E-state index in [4.69, 9.17) is 9.47 Å². The number of hydrogen-bond donors (Lipinski definition) is 0. The second-order valence-electron chi connectivity index (χ2n) is 8.20. The van der Waals surface area contributed by atoms with Crippen LogP contribution >= 0.6 is 0 Å². The number of methoxy groups -OCH3 is 1. The third-order valence-electron chi connectivity index (χ3n) is 4.87. The van der Waals surface area contributed by atoms with E-state index in [-0.39, 0.29) is 30.7 Å². The molecule has 29 heavy (non-hydrogen) atoms. The molecule has 0 radical (unpaired) electrons. The second kappa shape index (κ2) is 8.23. The third kappa shape index (κ3) is 4.75. The lowest BCUT2D eigenvalue weighted by molar-refractivity contribution is -0.139. The number of carbonyl (C=O) groups is 2. The number of likely N-dealkylation sites (tertiary alicyclic amines) is 1. The molecule has 0 aliphatic carbocycles. The minimum absolute atomic E-state index is 0.0300. The maximum absolute atomic E-state index is 13.0. The van der Waals surface area contributed by atoms with Crippen LogP contribution in [0.1, 0.15) is 39.3 Å². The summed E-state index contributed by atoms with van der Waals surface area (Å²) in [6, 6.07) is 6.88. The zero-order chi connectivity index (χ0) is 21.2. The standard InChI is InChI=1S/C21H27N3O5/c1-21(2,3)29-20(27)23-11-7-8-14(23)13-24-19(26)16-10-6-5-9-15(16)17(22-24)12-18(25)28-4/h5-6,9-10,14H,7-8,11-13H2,1-4H3. The molecule has 0 N–H and O–H groups in total. The van der Waals surface area contributed by atoms with E-state index in [1.807, 2.05) is 20.8 Å². The Morgan fingerprint density at radius 3 is 2.55 bits per heavy atom. The summed E-state index contributed by atoms with van der Waals surface area (Å²) < 4.78 is 11.6. The lowest BCUT2D eigenvalue weighted by Gasteiger charge is -2.28. The summed E-state index contributed by atoms with van der Waals surface area (Å²) in [5.41, 5.74) is -0.352. The van der Waals surface area contributed by atoms with Gasteiger partial charge in [-0.05, 0) is 39.7 Å². The van der Waals surface area contributed by atoms with Crippen molar-refractivity contribution in [3.63, 3.8) is 0 Å². The third-order valence-corrected chi connectivity index (χ3v) is 4.87. The highest BCUT2D eigenvalue weighted by molar-refractivity contribution is 5.86. The second-order valence-corrected chi connectivity index (χ2v) is 8.20. The van der Waals surface area contributed by atoms with Crippen LogP contribution in [0.15, 0.2) is 29.1 Å². The molecular weight excluding hydrogens is 374 g/mol. The summed E-state index contributed by atoms with van der Waals surface area (Å²) >= 11 is 0. The Hall–Kier alpha value is -2.90. The molecular formula is C21H27N3O5. The molecule has 1 aliphatic heterocycles. The summed E-state index contributed by atoms with van der Waals surface area (Å²) in [5, 5.41) is 5.57. The molecule has 3 rings (SSSR count).